The summed E-state index contributed by atoms with van der Waals surface area (Å²) >= 11 is 6.25. The van der Waals surface area contributed by atoms with Gasteiger partial charge >= 0.3 is 5.97 Å². The van der Waals surface area contributed by atoms with Crippen molar-refractivity contribution in [2.75, 3.05) is 20.2 Å². The van der Waals surface area contributed by atoms with Crippen LogP contribution in [0, 0.1) is 0 Å². The maximum absolute atomic E-state index is 13.4. The zero-order chi connectivity index (χ0) is 24.6. The normalized spacial score (nSPS) is 20.9. The first-order valence-corrected chi connectivity index (χ1v) is 12.2. The minimum Gasteiger partial charge on any atom is -0.465 e. The number of methoxy groups -OCH3 is 1. The summed E-state index contributed by atoms with van der Waals surface area (Å²) < 4.78 is 6.66. The molecule has 11 heteroatoms. The highest BCUT2D eigenvalue weighted by Gasteiger charge is 2.41. The molecule has 0 radical (unpaired) electrons. The fourth-order valence-corrected chi connectivity index (χ4v) is 5.66. The van der Waals surface area contributed by atoms with Gasteiger partial charge in [0.1, 0.15) is 0 Å². The summed E-state index contributed by atoms with van der Waals surface area (Å²) in [6, 6.07) is 15.1. The van der Waals surface area contributed by atoms with Crippen molar-refractivity contribution < 1.29 is 14.3 Å². The van der Waals surface area contributed by atoms with Gasteiger partial charge < -0.3 is 19.9 Å². The Kier molecular flexibility index (Phi) is 9.23. The van der Waals surface area contributed by atoms with Gasteiger partial charge in [0.15, 0.2) is 5.82 Å². The Balaban J connectivity index is 0.00000190. The van der Waals surface area contributed by atoms with Crippen LogP contribution in [0.4, 0.5) is 0 Å². The van der Waals surface area contributed by atoms with Crippen molar-refractivity contribution in [1.29, 1.82) is 0 Å². The number of hydrogen-bond donors (Lipinski definition) is 1. The molecule has 1 saturated carbocycles. The largest absolute Gasteiger partial charge is 0.465 e. The predicted molar refractivity (Wildman–Crippen MR) is 147 cm³/mol. The number of benzene rings is 2. The minimum absolute atomic E-state index is 0. The van der Waals surface area contributed by atoms with E-state index in [2.05, 4.69) is 16.3 Å². The molecule has 1 amide bonds. The van der Waals surface area contributed by atoms with Crippen molar-refractivity contribution in [1.82, 2.24) is 19.7 Å². The lowest BCUT2D eigenvalue weighted by atomic mass is 9.68. The highest BCUT2D eigenvalue weighted by atomic mass is 35.5. The van der Waals surface area contributed by atoms with E-state index in [0.29, 0.717) is 36.8 Å². The zero-order valence-electron chi connectivity index (χ0n) is 20.4. The van der Waals surface area contributed by atoms with Crippen molar-refractivity contribution >= 4 is 48.3 Å². The Morgan fingerprint density at radius 2 is 1.78 bits per heavy atom. The summed E-state index contributed by atoms with van der Waals surface area (Å²) in [7, 11) is 1.35. The van der Waals surface area contributed by atoms with Crippen molar-refractivity contribution in [2.45, 2.75) is 43.7 Å². The van der Waals surface area contributed by atoms with E-state index in [0.717, 1.165) is 36.3 Å². The monoisotopic (exact) mass is 565 g/mol. The summed E-state index contributed by atoms with van der Waals surface area (Å²) in [5.74, 6) is 0.383. The molecule has 0 bridgehead atoms. The molecule has 1 fully saturated rings. The van der Waals surface area contributed by atoms with E-state index in [1.807, 2.05) is 33.7 Å². The second-order valence-electron chi connectivity index (χ2n) is 9.30. The molecule has 1 aliphatic carbocycles. The van der Waals surface area contributed by atoms with Crippen LogP contribution in [0.5, 0.6) is 0 Å². The van der Waals surface area contributed by atoms with Gasteiger partial charge in [-0.3, -0.25) is 4.79 Å². The quantitative estimate of drug-likeness (QED) is 0.456. The first kappa shape index (κ1) is 28.9. The molecule has 0 atom stereocenters. The van der Waals surface area contributed by atoms with Crippen molar-refractivity contribution in [3.8, 4) is 11.4 Å². The molecule has 0 unspecified atom stereocenters. The molecule has 0 saturated heterocycles. The summed E-state index contributed by atoms with van der Waals surface area (Å²) in [6.45, 7) is 1.74. The lowest BCUT2D eigenvalue weighted by Crippen LogP contribution is -2.50. The Morgan fingerprint density at radius 3 is 2.46 bits per heavy atom. The van der Waals surface area contributed by atoms with Crippen LogP contribution >= 0.6 is 36.4 Å². The molecule has 1 aromatic heterocycles. The first-order valence-electron chi connectivity index (χ1n) is 11.8. The van der Waals surface area contributed by atoms with E-state index in [9.17, 15) is 9.59 Å². The number of hydrogen-bond acceptors (Lipinski definition) is 6. The van der Waals surface area contributed by atoms with Gasteiger partial charge in [0.25, 0.3) is 5.91 Å². The molecule has 37 heavy (non-hydrogen) atoms. The average molecular weight is 567 g/mol. The standard InChI is InChI=1S/C26H28ClN5O3.2ClH/c1-35-25(34)18-5-2-4-17(14-18)22-29-30-23-24(33)31(12-13-32(22)23)21-8-10-26(16-28,11-9-21)19-6-3-7-20(27)15-19;;/h2-7,14-15,21H,8-13,16,28H2,1H3;2*1H. The maximum atomic E-state index is 13.4. The Hall–Kier alpha value is -2.65. The number of carbonyl (C=O) groups excluding carboxylic acids is 2. The summed E-state index contributed by atoms with van der Waals surface area (Å²) in [5, 5.41) is 9.24. The number of aromatic nitrogens is 3. The molecule has 3 aromatic rings. The summed E-state index contributed by atoms with van der Waals surface area (Å²) in [4.78, 5) is 27.3. The van der Waals surface area contributed by atoms with Crippen molar-refractivity contribution in [3.05, 3.63) is 70.5 Å². The number of nitrogens with two attached hydrogens (primary N) is 1. The number of ether oxygens (including phenoxy) is 1. The smallest absolute Gasteiger partial charge is 0.337 e. The fourth-order valence-electron chi connectivity index (χ4n) is 5.47. The molecular formula is C26H30Cl3N5O3. The molecule has 2 aromatic carbocycles. The van der Waals surface area contributed by atoms with Crippen LogP contribution in [0.2, 0.25) is 5.02 Å². The number of rotatable bonds is 5. The lowest BCUT2D eigenvalue weighted by molar-refractivity contribution is 0.0522. The van der Waals surface area contributed by atoms with E-state index in [4.69, 9.17) is 22.1 Å². The van der Waals surface area contributed by atoms with E-state index in [1.165, 1.54) is 12.7 Å². The van der Waals surface area contributed by atoms with Crippen LogP contribution in [0.15, 0.2) is 48.5 Å². The third-order valence-electron chi connectivity index (χ3n) is 7.49. The number of halogens is 3. The van der Waals surface area contributed by atoms with Crippen LogP contribution < -0.4 is 5.73 Å². The third-order valence-corrected chi connectivity index (χ3v) is 7.73. The Morgan fingerprint density at radius 1 is 1.08 bits per heavy atom. The number of nitrogens with zero attached hydrogens (tertiary/aromatic N) is 4. The minimum atomic E-state index is -0.420. The van der Waals surface area contributed by atoms with Crippen LogP contribution in [0.3, 0.4) is 0 Å². The van der Waals surface area contributed by atoms with Crippen LogP contribution in [-0.4, -0.2) is 57.8 Å². The van der Waals surface area contributed by atoms with E-state index >= 15 is 0 Å². The van der Waals surface area contributed by atoms with Gasteiger partial charge in [-0.1, -0.05) is 35.9 Å². The van der Waals surface area contributed by atoms with E-state index in [-0.39, 0.29) is 42.2 Å². The van der Waals surface area contributed by atoms with E-state index in [1.54, 1.807) is 18.2 Å². The Bertz CT molecular complexity index is 1270. The molecule has 198 valence electrons. The summed E-state index contributed by atoms with van der Waals surface area (Å²) in [6.07, 6.45) is 3.54. The lowest BCUT2D eigenvalue weighted by Gasteiger charge is -2.44. The number of esters is 1. The van der Waals surface area contributed by atoms with Crippen molar-refractivity contribution in [2.24, 2.45) is 5.73 Å². The van der Waals surface area contributed by atoms with Gasteiger partial charge in [0.05, 0.1) is 12.7 Å². The maximum Gasteiger partial charge on any atom is 0.337 e. The molecule has 5 rings (SSSR count). The fraction of sp³-hybridized carbons (Fsp3) is 0.385. The second-order valence-corrected chi connectivity index (χ2v) is 9.73. The zero-order valence-corrected chi connectivity index (χ0v) is 22.8. The SMILES string of the molecule is COC(=O)c1cccc(-c2nnc3n2CCN(C2CCC(CN)(c4cccc(Cl)c4)CC2)C3=O)c1.Cl.Cl. The first-order chi connectivity index (χ1) is 17.0. The highest BCUT2D eigenvalue weighted by Crippen LogP contribution is 2.41. The average Bonchev–Trinajstić information content (AvgIpc) is 3.34. The summed E-state index contributed by atoms with van der Waals surface area (Å²) in [5.41, 5.74) is 8.47. The van der Waals surface area contributed by atoms with Gasteiger partial charge in [0, 0.05) is 41.7 Å². The third kappa shape index (κ3) is 5.34. The predicted octanol–water partition coefficient (Wildman–Crippen LogP) is 4.52. The van der Waals surface area contributed by atoms with Gasteiger partial charge in [-0.25, -0.2) is 4.79 Å². The molecule has 2 aliphatic rings. The van der Waals surface area contributed by atoms with Crippen molar-refractivity contribution in [3.63, 3.8) is 0 Å². The van der Waals surface area contributed by atoms with Gasteiger partial charge in [-0.05, 0) is 55.5 Å². The molecule has 1 aliphatic heterocycles. The number of fused-ring (bicyclic) bond motifs is 1. The van der Waals surface area contributed by atoms with Crippen LogP contribution in [0.1, 0.15) is 52.2 Å². The topological polar surface area (TPSA) is 103 Å². The number of carbonyl (C=O) groups is 2. The van der Waals surface area contributed by atoms with Gasteiger partial charge in [-0.2, -0.15) is 0 Å². The molecule has 2 N–H and O–H groups in total. The molecular weight excluding hydrogens is 537 g/mol. The Labute approximate surface area is 233 Å². The van der Waals surface area contributed by atoms with Gasteiger partial charge in [-0.15, -0.1) is 35.0 Å². The van der Waals surface area contributed by atoms with E-state index < -0.39 is 5.97 Å². The van der Waals surface area contributed by atoms with Crippen LogP contribution in [0.25, 0.3) is 11.4 Å². The second kappa shape index (κ2) is 11.8. The molecule has 2 heterocycles. The molecule has 8 nitrogen and oxygen atoms in total. The van der Waals surface area contributed by atoms with Gasteiger partial charge in [0.2, 0.25) is 5.82 Å². The highest BCUT2D eigenvalue weighted by molar-refractivity contribution is 6.30. The van der Waals surface area contributed by atoms with Crippen LogP contribution in [-0.2, 0) is 16.7 Å². The molecule has 0 spiro atoms. The number of amides is 1.